The van der Waals surface area contributed by atoms with Crippen LogP contribution in [0.4, 0.5) is 5.69 Å². The Hall–Kier alpha value is -3.14. The Morgan fingerprint density at radius 2 is 1.79 bits per heavy atom. The lowest BCUT2D eigenvalue weighted by atomic mass is 10.1. The molecule has 2 heterocycles. The second-order valence-corrected chi connectivity index (χ2v) is 6.92. The third-order valence-corrected chi connectivity index (χ3v) is 5.04. The molecule has 1 aliphatic heterocycles. The molecule has 4 rings (SSSR count). The molecule has 2 aromatic carbocycles. The van der Waals surface area contributed by atoms with Crippen LogP contribution in [0.2, 0.25) is 0 Å². The summed E-state index contributed by atoms with van der Waals surface area (Å²) in [6, 6.07) is 20.4. The Morgan fingerprint density at radius 1 is 1.04 bits per heavy atom. The number of nitrogens with one attached hydrogen (secondary N) is 1. The van der Waals surface area contributed by atoms with Crippen LogP contribution < -0.4 is 10.3 Å². The van der Waals surface area contributed by atoms with Gasteiger partial charge in [0.1, 0.15) is 0 Å². The molecule has 0 aliphatic carbocycles. The van der Waals surface area contributed by atoms with Crippen LogP contribution in [0.15, 0.2) is 67.1 Å². The van der Waals surface area contributed by atoms with Crippen molar-refractivity contribution in [3.8, 4) is 6.07 Å². The molecule has 1 aromatic heterocycles. The number of para-hydroxylation sites is 1. The maximum Gasteiger partial charge on any atom is 0.0991 e. The van der Waals surface area contributed by atoms with Crippen LogP contribution in [0.25, 0.3) is 0 Å². The van der Waals surface area contributed by atoms with Crippen LogP contribution in [0.1, 0.15) is 16.8 Å². The van der Waals surface area contributed by atoms with Gasteiger partial charge < -0.3 is 9.88 Å². The first-order chi connectivity index (χ1) is 13.8. The largest absolute Gasteiger partial charge is 0.328 e. The van der Waals surface area contributed by atoms with Crippen molar-refractivity contribution in [2.75, 3.05) is 31.2 Å². The van der Waals surface area contributed by atoms with E-state index >= 15 is 0 Å². The monoisotopic (exact) mass is 372 g/mol. The number of hydrazine groups is 1. The van der Waals surface area contributed by atoms with Crippen LogP contribution in [0, 0.1) is 11.3 Å². The highest BCUT2D eigenvalue weighted by Gasteiger charge is 2.20. The van der Waals surface area contributed by atoms with E-state index in [9.17, 15) is 0 Å². The lowest BCUT2D eigenvalue weighted by Gasteiger charge is -2.39. The van der Waals surface area contributed by atoms with E-state index in [1.54, 1.807) is 0 Å². The number of aromatic nitrogens is 2. The summed E-state index contributed by atoms with van der Waals surface area (Å²) in [5.41, 5.74) is 4.19. The number of imidazole rings is 1. The normalized spacial score (nSPS) is 14.5. The van der Waals surface area contributed by atoms with Gasteiger partial charge in [0.05, 0.1) is 42.1 Å². The summed E-state index contributed by atoms with van der Waals surface area (Å²) in [6.45, 7) is 5.46. The lowest BCUT2D eigenvalue weighted by molar-refractivity contribution is 0.215. The summed E-state index contributed by atoms with van der Waals surface area (Å²) in [5.74, 6) is 0. The molecule has 1 fully saturated rings. The number of hydrogen-bond acceptors (Lipinski definition) is 5. The van der Waals surface area contributed by atoms with E-state index in [2.05, 4.69) is 61.3 Å². The topological polar surface area (TPSA) is 60.1 Å². The minimum absolute atomic E-state index is 0.684. The summed E-state index contributed by atoms with van der Waals surface area (Å²) in [6.07, 6.45) is 3.83. The molecule has 1 aliphatic rings. The maximum absolute atomic E-state index is 8.98. The molecular formula is C22H24N6. The zero-order valence-electron chi connectivity index (χ0n) is 15.8. The number of anilines is 1. The van der Waals surface area contributed by atoms with Crippen molar-refractivity contribution in [2.45, 2.75) is 13.1 Å². The molecule has 0 amide bonds. The molecule has 0 atom stereocenters. The van der Waals surface area contributed by atoms with Gasteiger partial charge >= 0.3 is 0 Å². The summed E-state index contributed by atoms with van der Waals surface area (Å²) in [4.78, 5) is 4.40. The van der Waals surface area contributed by atoms with Crippen molar-refractivity contribution < 1.29 is 0 Å². The minimum atomic E-state index is 0.684. The molecule has 0 radical (unpaired) electrons. The second-order valence-electron chi connectivity index (χ2n) is 6.92. The highest BCUT2D eigenvalue weighted by atomic mass is 15.6. The molecule has 6 nitrogen and oxygen atoms in total. The number of nitriles is 1. The van der Waals surface area contributed by atoms with Crippen LogP contribution in [0.3, 0.4) is 0 Å². The fourth-order valence-electron chi connectivity index (χ4n) is 3.51. The molecule has 3 aromatic rings. The van der Waals surface area contributed by atoms with Crippen molar-refractivity contribution in [3.63, 3.8) is 0 Å². The van der Waals surface area contributed by atoms with Crippen LogP contribution in [0.5, 0.6) is 0 Å². The van der Waals surface area contributed by atoms with Gasteiger partial charge in [-0.15, -0.1) is 0 Å². The predicted octanol–water partition coefficient (Wildman–Crippen LogP) is 2.63. The first kappa shape index (κ1) is 18.2. The Balaban J connectivity index is 1.55. The van der Waals surface area contributed by atoms with Gasteiger partial charge in [0.15, 0.2) is 0 Å². The molecule has 0 spiro atoms. The van der Waals surface area contributed by atoms with E-state index in [4.69, 9.17) is 5.26 Å². The van der Waals surface area contributed by atoms with Gasteiger partial charge in [-0.25, -0.2) is 9.99 Å². The zero-order valence-corrected chi connectivity index (χ0v) is 15.8. The Kier molecular flexibility index (Phi) is 5.66. The standard InChI is InChI=1S/C22H24N6/c23-14-19-6-8-20(9-7-19)16-26-18-25-15-22(26)17-28(21-4-2-1-3-5-21)27-12-10-24-11-13-27/h1-9,15,18,24H,10-13,16-17H2. The lowest BCUT2D eigenvalue weighted by Crippen LogP contribution is -2.52. The second kappa shape index (κ2) is 8.70. The van der Waals surface area contributed by atoms with Crippen molar-refractivity contribution in [1.82, 2.24) is 19.9 Å². The van der Waals surface area contributed by atoms with Gasteiger partial charge in [0, 0.05) is 32.7 Å². The fourth-order valence-corrected chi connectivity index (χ4v) is 3.51. The van der Waals surface area contributed by atoms with Crippen molar-refractivity contribution in [1.29, 1.82) is 5.26 Å². The quantitative estimate of drug-likeness (QED) is 0.721. The Morgan fingerprint density at radius 3 is 2.50 bits per heavy atom. The average molecular weight is 372 g/mol. The van der Waals surface area contributed by atoms with E-state index in [1.807, 2.05) is 36.8 Å². The SMILES string of the molecule is N#Cc1ccc(Cn2cncc2CN(c2ccccc2)N2CCNCC2)cc1. The molecule has 1 N–H and O–H groups in total. The number of rotatable bonds is 6. The van der Waals surface area contributed by atoms with Gasteiger partial charge in [0.25, 0.3) is 0 Å². The van der Waals surface area contributed by atoms with E-state index in [1.165, 1.54) is 5.69 Å². The van der Waals surface area contributed by atoms with E-state index in [0.29, 0.717) is 5.56 Å². The first-order valence-corrected chi connectivity index (χ1v) is 9.60. The van der Waals surface area contributed by atoms with Crippen molar-refractivity contribution >= 4 is 5.69 Å². The molecule has 6 heteroatoms. The number of benzene rings is 2. The van der Waals surface area contributed by atoms with Gasteiger partial charge in [0.2, 0.25) is 0 Å². The molecule has 0 bridgehead atoms. The van der Waals surface area contributed by atoms with Crippen LogP contribution >= 0.6 is 0 Å². The van der Waals surface area contributed by atoms with Crippen molar-refractivity contribution in [3.05, 3.63) is 83.9 Å². The molecule has 0 saturated carbocycles. The molecule has 142 valence electrons. The molecular weight excluding hydrogens is 348 g/mol. The molecule has 0 unspecified atom stereocenters. The maximum atomic E-state index is 8.98. The van der Waals surface area contributed by atoms with Gasteiger partial charge in [-0.05, 0) is 29.8 Å². The van der Waals surface area contributed by atoms with E-state index < -0.39 is 0 Å². The average Bonchev–Trinajstić information content (AvgIpc) is 3.20. The minimum Gasteiger partial charge on any atom is -0.328 e. The van der Waals surface area contributed by atoms with E-state index in [-0.39, 0.29) is 0 Å². The van der Waals surface area contributed by atoms with Gasteiger partial charge in [-0.2, -0.15) is 5.26 Å². The zero-order chi connectivity index (χ0) is 19.2. The summed E-state index contributed by atoms with van der Waals surface area (Å²) < 4.78 is 2.18. The van der Waals surface area contributed by atoms with Crippen LogP contribution in [-0.4, -0.2) is 40.7 Å². The predicted molar refractivity (Wildman–Crippen MR) is 110 cm³/mol. The summed E-state index contributed by atoms with van der Waals surface area (Å²) >= 11 is 0. The number of nitrogens with zero attached hydrogens (tertiary/aromatic N) is 5. The van der Waals surface area contributed by atoms with Crippen LogP contribution in [-0.2, 0) is 13.1 Å². The molecule has 1 saturated heterocycles. The number of piperazine rings is 1. The third-order valence-electron chi connectivity index (χ3n) is 5.04. The first-order valence-electron chi connectivity index (χ1n) is 9.60. The summed E-state index contributed by atoms with van der Waals surface area (Å²) in [5, 5.41) is 17.2. The van der Waals surface area contributed by atoms with Gasteiger partial charge in [-0.1, -0.05) is 30.3 Å². The third kappa shape index (κ3) is 4.22. The Bertz CT molecular complexity index is 920. The van der Waals surface area contributed by atoms with Gasteiger partial charge in [-0.3, -0.25) is 5.01 Å². The highest BCUT2D eigenvalue weighted by Crippen LogP contribution is 2.20. The summed E-state index contributed by atoms with van der Waals surface area (Å²) in [7, 11) is 0. The number of hydrogen-bond donors (Lipinski definition) is 1. The fraction of sp³-hybridized carbons (Fsp3) is 0.273. The Labute approximate surface area is 165 Å². The van der Waals surface area contributed by atoms with E-state index in [0.717, 1.165) is 50.5 Å². The highest BCUT2D eigenvalue weighted by molar-refractivity contribution is 5.45. The van der Waals surface area contributed by atoms with Crippen molar-refractivity contribution in [2.24, 2.45) is 0 Å². The molecule has 28 heavy (non-hydrogen) atoms. The smallest absolute Gasteiger partial charge is 0.0991 e.